The molecule has 0 unspecified atom stereocenters. The lowest BCUT2D eigenvalue weighted by Crippen LogP contribution is -2.38. The number of phenols is 1. The van der Waals surface area contributed by atoms with Gasteiger partial charge in [0.05, 0.1) is 5.92 Å². The Balaban J connectivity index is 1.96. The highest BCUT2D eigenvalue weighted by Crippen LogP contribution is 2.34. The van der Waals surface area contributed by atoms with Gasteiger partial charge in [-0.15, -0.1) is 0 Å². The van der Waals surface area contributed by atoms with Crippen LogP contribution in [0.5, 0.6) is 5.75 Å². The number of benzene rings is 1. The maximum atomic E-state index is 12.6. The van der Waals surface area contributed by atoms with E-state index in [4.69, 9.17) is 0 Å². The summed E-state index contributed by atoms with van der Waals surface area (Å²) in [5, 5.41) is 9.72. The van der Waals surface area contributed by atoms with E-state index in [0.29, 0.717) is 25.4 Å². The van der Waals surface area contributed by atoms with Crippen molar-refractivity contribution in [2.45, 2.75) is 39.4 Å². The van der Waals surface area contributed by atoms with Gasteiger partial charge < -0.3 is 5.11 Å². The minimum atomic E-state index is -4.06. The summed E-state index contributed by atoms with van der Waals surface area (Å²) < 4.78 is 37.8. The van der Waals surface area contributed by atoms with Gasteiger partial charge in [0.1, 0.15) is 5.75 Å². The maximum Gasteiger partial charge on any atom is 0.391 e. The zero-order valence-corrected chi connectivity index (χ0v) is 11.8. The van der Waals surface area contributed by atoms with Gasteiger partial charge in [0.2, 0.25) is 0 Å². The van der Waals surface area contributed by atoms with E-state index in [9.17, 15) is 18.3 Å². The normalized spacial score (nSPS) is 18.4. The standard InChI is InChI=1S/C15H20F3NO/c1-10-7-12(8-11(2)14(10)20)9-19-5-3-13(4-6-19)15(16,17)18/h7-8,13,20H,3-6,9H2,1-2H3. The molecular weight excluding hydrogens is 267 g/mol. The van der Waals surface area contributed by atoms with Gasteiger partial charge in [-0.2, -0.15) is 13.2 Å². The molecule has 2 nitrogen and oxygen atoms in total. The van der Waals surface area contributed by atoms with E-state index in [1.54, 1.807) is 0 Å². The van der Waals surface area contributed by atoms with Crippen molar-refractivity contribution in [3.8, 4) is 5.75 Å². The Morgan fingerprint density at radius 2 is 1.65 bits per heavy atom. The molecule has 1 fully saturated rings. The molecule has 0 aromatic heterocycles. The summed E-state index contributed by atoms with van der Waals surface area (Å²) in [6.45, 7) is 5.27. The molecule has 1 aromatic rings. The third-order valence-electron chi connectivity index (χ3n) is 4.01. The number of phenolic OH excluding ortho intramolecular Hbond substituents is 1. The molecule has 0 atom stereocenters. The SMILES string of the molecule is Cc1cc(CN2CCC(C(F)(F)F)CC2)cc(C)c1O. The van der Waals surface area contributed by atoms with E-state index in [0.717, 1.165) is 16.7 Å². The van der Waals surface area contributed by atoms with Gasteiger partial charge in [0.25, 0.3) is 0 Å². The molecule has 0 bridgehead atoms. The van der Waals surface area contributed by atoms with Crippen molar-refractivity contribution in [1.29, 1.82) is 0 Å². The predicted molar refractivity (Wildman–Crippen MR) is 71.6 cm³/mol. The van der Waals surface area contributed by atoms with Crippen LogP contribution >= 0.6 is 0 Å². The molecule has 1 aromatic carbocycles. The summed E-state index contributed by atoms with van der Waals surface area (Å²) in [6.07, 6.45) is -3.70. The summed E-state index contributed by atoms with van der Waals surface area (Å²) in [5.74, 6) is -0.855. The zero-order chi connectivity index (χ0) is 14.9. The smallest absolute Gasteiger partial charge is 0.391 e. The maximum absolute atomic E-state index is 12.6. The zero-order valence-electron chi connectivity index (χ0n) is 11.8. The van der Waals surface area contributed by atoms with Crippen LogP contribution in [0, 0.1) is 19.8 Å². The van der Waals surface area contributed by atoms with Crippen LogP contribution in [0.1, 0.15) is 29.5 Å². The van der Waals surface area contributed by atoms with Gasteiger partial charge in [-0.05, 0) is 56.5 Å². The Morgan fingerprint density at radius 1 is 1.15 bits per heavy atom. The third-order valence-corrected chi connectivity index (χ3v) is 4.01. The van der Waals surface area contributed by atoms with Crippen molar-refractivity contribution >= 4 is 0 Å². The van der Waals surface area contributed by atoms with E-state index in [1.807, 2.05) is 30.9 Å². The number of hydrogen-bond acceptors (Lipinski definition) is 2. The lowest BCUT2D eigenvalue weighted by molar-refractivity contribution is -0.185. The average molecular weight is 287 g/mol. The molecule has 112 valence electrons. The minimum absolute atomic E-state index is 0.180. The first-order valence-electron chi connectivity index (χ1n) is 6.85. The van der Waals surface area contributed by atoms with Crippen LogP contribution in [0.2, 0.25) is 0 Å². The quantitative estimate of drug-likeness (QED) is 0.894. The van der Waals surface area contributed by atoms with Crippen molar-refractivity contribution in [1.82, 2.24) is 4.90 Å². The highest BCUT2D eigenvalue weighted by Gasteiger charge is 2.40. The minimum Gasteiger partial charge on any atom is -0.507 e. The van der Waals surface area contributed by atoms with Crippen LogP contribution in [0.4, 0.5) is 13.2 Å². The van der Waals surface area contributed by atoms with Gasteiger partial charge in [-0.25, -0.2) is 0 Å². The van der Waals surface area contributed by atoms with Crippen molar-refractivity contribution < 1.29 is 18.3 Å². The van der Waals surface area contributed by atoms with Gasteiger partial charge >= 0.3 is 6.18 Å². The molecule has 5 heteroatoms. The van der Waals surface area contributed by atoms with Crippen LogP contribution in [0.25, 0.3) is 0 Å². The Bertz CT molecular complexity index is 453. The van der Waals surface area contributed by atoms with Crippen LogP contribution in [-0.4, -0.2) is 29.3 Å². The molecule has 20 heavy (non-hydrogen) atoms. The molecule has 1 heterocycles. The number of halogens is 3. The van der Waals surface area contributed by atoms with E-state index >= 15 is 0 Å². The molecular formula is C15H20F3NO. The lowest BCUT2D eigenvalue weighted by Gasteiger charge is -2.33. The fourth-order valence-corrected chi connectivity index (χ4v) is 2.81. The van der Waals surface area contributed by atoms with Crippen molar-refractivity contribution in [3.63, 3.8) is 0 Å². The molecule has 2 rings (SSSR count). The monoisotopic (exact) mass is 287 g/mol. The van der Waals surface area contributed by atoms with E-state index < -0.39 is 12.1 Å². The number of likely N-dealkylation sites (tertiary alicyclic amines) is 1. The number of aryl methyl sites for hydroxylation is 2. The second kappa shape index (κ2) is 5.64. The predicted octanol–water partition coefficient (Wildman–Crippen LogP) is 3.78. The van der Waals surface area contributed by atoms with Crippen molar-refractivity contribution in [2.75, 3.05) is 13.1 Å². The van der Waals surface area contributed by atoms with Gasteiger partial charge in [-0.3, -0.25) is 4.90 Å². The molecule has 0 radical (unpaired) electrons. The second-order valence-corrected chi connectivity index (χ2v) is 5.67. The summed E-state index contributed by atoms with van der Waals surface area (Å²) in [5.41, 5.74) is 2.67. The average Bonchev–Trinajstić information content (AvgIpc) is 2.35. The van der Waals surface area contributed by atoms with Crippen LogP contribution in [0.15, 0.2) is 12.1 Å². The van der Waals surface area contributed by atoms with Crippen LogP contribution < -0.4 is 0 Å². The molecule has 0 spiro atoms. The first-order valence-corrected chi connectivity index (χ1v) is 6.85. The molecule has 1 aliphatic heterocycles. The molecule has 1 saturated heterocycles. The first kappa shape index (κ1) is 15.2. The number of alkyl halides is 3. The Morgan fingerprint density at radius 3 is 2.10 bits per heavy atom. The van der Waals surface area contributed by atoms with Gasteiger partial charge in [0, 0.05) is 6.54 Å². The van der Waals surface area contributed by atoms with E-state index in [1.165, 1.54) is 0 Å². The number of nitrogens with zero attached hydrogens (tertiary/aromatic N) is 1. The summed E-state index contributed by atoms with van der Waals surface area (Å²) in [7, 11) is 0. The van der Waals surface area contributed by atoms with Crippen LogP contribution in [0.3, 0.4) is 0 Å². The lowest BCUT2D eigenvalue weighted by atomic mass is 9.95. The molecule has 1 N–H and O–H groups in total. The van der Waals surface area contributed by atoms with Crippen molar-refractivity contribution in [3.05, 3.63) is 28.8 Å². The number of aromatic hydroxyl groups is 1. The fraction of sp³-hybridized carbons (Fsp3) is 0.600. The van der Waals surface area contributed by atoms with E-state index in [2.05, 4.69) is 0 Å². The van der Waals surface area contributed by atoms with Crippen molar-refractivity contribution in [2.24, 2.45) is 5.92 Å². The topological polar surface area (TPSA) is 23.5 Å². The first-order chi connectivity index (χ1) is 9.27. The molecule has 0 aliphatic carbocycles. The van der Waals surface area contributed by atoms with E-state index in [-0.39, 0.29) is 12.8 Å². The number of hydrogen-bond donors (Lipinski definition) is 1. The second-order valence-electron chi connectivity index (χ2n) is 5.67. The highest BCUT2D eigenvalue weighted by molar-refractivity contribution is 5.42. The Hall–Kier alpha value is -1.23. The fourth-order valence-electron chi connectivity index (χ4n) is 2.81. The summed E-state index contributed by atoms with van der Waals surface area (Å²) >= 11 is 0. The van der Waals surface area contributed by atoms with Gasteiger partial charge in [-0.1, -0.05) is 12.1 Å². The molecule has 1 aliphatic rings. The van der Waals surface area contributed by atoms with Gasteiger partial charge in [0.15, 0.2) is 0 Å². The Kier molecular flexibility index (Phi) is 4.28. The number of rotatable bonds is 2. The largest absolute Gasteiger partial charge is 0.507 e. The van der Waals surface area contributed by atoms with Crippen LogP contribution in [-0.2, 0) is 6.54 Å². The summed E-state index contributed by atoms with van der Waals surface area (Å²) in [4.78, 5) is 2.05. The third kappa shape index (κ3) is 3.45. The Labute approximate surface area is 117 Å². The molecule has 0 saturated carbocycles. The summed E-state index contributed by atoms with van der Waals surface area (Å²) in [6, 6.07) is 3.80. The highest BCUT2D eigenvalue weighted by atomic mass is 19.4. The molecule has 0 amide bonds. The number of piperidine rings is 1.